The van der Waals surface area contributed by atoms with Gasteiger partial charge in [-0.1, -0.05) is 19.9 Å². The highest BCUT2D eigenvalue weighted by Gasteiger charge is 2.30. The van der Waals surface area contributed by atoms with E-state index in [0.29, 0.717) is 37.8 Å². The molecule has 0 amide bonds. The van der Waals surface area contributed by atoms with E-state index in [1.54, 1.807) is 0 Å². The minimum Gasteiger partial charge on any atom is -0.486 e. The standard InChI is InChI=1S/C22H27N3O6S/c1-15(2)22(16-5-8-20-21(13-16)31-12-11-30-20)23-18-7-6-17(14-19(18)25(26)27)32(28,29)24-9-3-4-10-24/h5-8,13-15,22-23H,3-4,9-12H2,1-2H3. The lowest BCUT2D eigenvalue weighted by Crippen LogP contribution is -2.28. The van der Waals surface area contributed by atoms with Crippen LogP contribution in [0.3, 0.4) is 0 Å². The van der Waals surface area contributed by atoms with Crippen LogP contribution in [0.1, 0.15) is 38.3 Å². The van der Waals surface area contributed by atoms with Gasteiger partial charge in [0.1, 0.15) is 18.9 Å². The molecule has 9 nitrogen and oxygen atoms in total. The average molecular weight is 462 g/mol. The van der Waals surface area contributed by atoms with Crippen molar-refractivity contribution in [2.45, 2.75) is 37.6 Å². The van der Waals surface area contributed by atoms with Crippen molar-refractivity contribution in [2.75, 3.05) is 31.6 Å². The van der Waals surface area contributed by atoms with Crippen LogP contribution in [0, 0.1) is 16.0 Å². The van der Waals surface area contributed by atoms with Crippen LogP contribution in [-0.2, 0) is 10.0 Å². The zero-order valence-corrected chi connectivity index (χ0v) is 18.9. The van der Waals surface area contributed by atoms with Gasteiger partial charge in [-0.2, -0.15) is 4.31 Å². The summed E-state index contributed by atoms with van der Waals surface area (Å²) in [6, 6.07) is 9.43. The maximum absolute atomic E-state index is 12.9. The summed E-state index contributed by atoms with van der Waals surface area (Å²) >= 11 is 0. The topological polar surface area (TPSA) is 111 Å². The summed E-state index contributed by atoms with van der Waals surface area (Å²) in [7, 11) is -3.75. The number of rotatable bonds is 7. The van der Waals surface area contributed by atoms with E-state index in [1.807, 2.05) is 32.0 Å². The Balaban J connectivity index is 1.66. The predicted octanol–water partition coefficient (Wildman–Crippen LogP) is 3.96. The number of anilines is 1. The van der Waals surface area contributed by atoms with Gasteiger partial charge in [-0.15, -0.1) is 0 Å². The lowest BCUT2D eigenvalue weighted by Gasteiger charge is -2.26. The second kappa shape index (κ2) is 8.95. The second-order valence-electron chi connectivity index (χ2n) is 8.32. The molecule has 2 heterocycles. The van der Waals surface area contributed by atoms with E-state index in [-0.39, 0.29) is 28.2 Å². The highest BCUT2D eigenvalue weighted by atomic mass is 32.2. The molecule has 0 saturated carbocycles. The molecular formula is C22H27N3O6S. The highest BCUT2D eigenvalue weighted by Crippen LogP contribution is 2.38. The van der Waals surface area contributed by atoms with Crippen LogP contribution in [0.25, 0.3) is 0 Å². The fraction of sp³-hybridized carbons (Fsp3) is 0.455. The minimum atomic E-state index is -3.75. The van der Waals surface area contributed by atoms with Crippen molar-refractivity contribution in [1.82, 2.24) is 4.31 Å². The van der Waals surface area contributed by atoms with Crippen LogP contribution in [0.5, 0.6) is 11.5 Å². The maximum Gasteiger partial charge on any atom is 0.293 e. The number of nitrogens with one attached hydrogen (secondary N) is 1. The molecule has 1 atom stereocenters. The van der Waals surface area contributed by atoms with Crippen molar-refractivity contribution >= 4 is 21.4 Å². The molecule has 0 aromatic heterocycles. The van der Waals surface area contributed by atoms with E-state index in [4.69, 9.17) is 9.47 Å². The molecule has 172 valence electrons. The minimum absolute atomic E-state index is 0.0583. The van der Waals surface area contributed by atoms with Crippen LogP contribution >= 0.6 is 0 Å². The van der Waals surface area contributed by atoms with Crippen molar-refractivity contribution < 1.29 is 22.8 Å². The molecule has 32 heavy (non-hydrogen) atoms. The van der Waals surface area contributed by atoms with Gasteiger partial charge in [-0.3, -0.25) is 10.1 Å². The third kappa shape index (κ3) is 4.37. The van der Waals surface area contributed by atoms with Gasteiger partial charge in [0, 0.05) is 19.2 Å². The predicted molar refractivity (Wildman–Crippen MR) is 120 cm³/mol. The summed E-state index contributed by atoms with van der Waals surface area (Å²) in [6.45, 7) is 5.86. The van der Waals surface area contributed by atoms with Crippen LogP contribution in [0.15, 0.2) is 41.3 Å². The number of benzene rings is 2. The number of fused-ring (bicyclic) bond motifs is 1. The summed E-state index contributed by atoms with van der Waals surface area (Å²) in [5.74, 6) is 1.40. The summed E-state index contributed by atoms with van der Waals surface area (Å²) < 4.78 is 38.4. The SMILES string of the molecule is CC(C)C(Nc1ccc(S(=O)(=O)N2CCCC2)cc1[N+](=O)[O-])c1ccc2c(c1)OCCO2. The zero-order valence-electron chi connectivity index (χ0n) is 18.1. The lowest BCUT2D eigenvalue weighted by molar-refractivity contribution is -0.384. The Labute approximate surface area is 187 Å². The van der Waals surface area contributed by atoms with E-state index in [2.05, 4.69) is 5.32 Å². The average Bonchev–Trinajstić information content (AvgIpc) is 3.32. The van der Waals surface area contributed by atoms with Crippen LogP contribution < -0.4 is 14.8 Å². The Morgan fingerprint density at radius 3 is 2.38 bits per heavy atom. The molecule has 2 aromatic rings. The fourth-order valence-electron chi connectivity index (χ4n) is 4.08. The Morgan fingerprint density at radius 1 is 1.03 bits per heavy atom. The zero-order chi connectivity index (χ0) is 22.9. The summed E-state index contributed by atoms with van der Waals surface area (Å²) in [4.78, 5) is 11.2. The third-order valence-corrected chi connectivity index (χ3v) is 7.67. The van der Waals surface area contributed by atoms with Crippen molar-refractivity contribution in [3.05, 3.63) is 52.1 Å². The summed E-state index contributed by atoms with van der Waals surface area (Å²) in [5, 5.41) is 15.1. The van der Waals surface area contributed by atoms with Gasteiger partial charge in [-0.25, -0.2) is 8.42 Å². The normalized spacial score (nSPS) is 17.3. The van der Waals surface area contributed by atoms with E-state index in [0.717, 1.165) is 24.5 Å². The van der Waals surface area contributed by atoms with E-state index in [9.17, 15) is 18.5 Å². The smallest absolute Gasteiger partial charge is 0.293 e. The molecule has 0 spiro atoms. The molecule has 4 rings (SSSR count). The van der Waals surface area contributed by atoms with Gasteiger partial charge >= 0.3 is 0 Å². The monoisotopic (exact) mass is 461 g/mol. The molecular weight excluding hydrogens is 434 g/mol. The molecule has 0 bridgehead atoms. The van der Waals surface area contributed by atoms with Crippen molar-refractivity contribution in [2.24, 2.45) is 5.92 Å². The first kappa shape index (κ1) is 22.3. The molecule has 2 aliphatic heterocycles. The number of hydrogen-bond donors (Lipinski definition) is 1. The van der Waals surface area contributed by atoms with E-state index in [1.165, 1.54) is 16.4 Å². The van der Waals surface area contributed by atoms with Gasteiger partial charge in [0.25, 0.3) is 5.69 Å². The first-order valence-corrected chi connectivity index (χ1v) is 12.2. The molecule has 0 radical (unpaired) electrons. The number of sulfonamides is 1. The summed E-state index contributed by atoms with van der Waals surface area (Å²) in [6.07, 6.45) is 1.60. The first-order valence-electron chi connectivity index (χ1n) is 10.7. The second-order valence-corrected chi connectivity index (χ2v) is 10.3. The lowest BCUT2D eigenvalue weighted by atomic mass is 9.95. The largest absolute Gasteiger partial charge is 0.486 e. The molecule has 1 N–H and O–H groups in total. The molecule has 1 fully saturated rings. The molecule has 1 unspecified atom stereocenters. The number of nitro benzene ring substituents is 1. The van der Waals surface area contributed by atoms with Crippen molar-refractivity contribution in [3.8, 4) is 11.5 Å². The van der Waals surface area contributed by atoms with Crippen LogP contribution in [-0.4, -0.2) is 43.9 Å². The molecule has 1 saturated heterocycles. The number of hydrogen-bond acceptors (Lipinski definition) is 7. The Morgan fingerprint density at radius 2 is 1.72 bits per heavy atom. The van der Waals surface area contributed by atoms with Gasteiger partial charge in [0.05, 0.1) is 15.9 Å². The number of ether oxygens (including phenoxy) is 2. The maximum atomic E-state index is 12.9. The molecule has 2 aromatic carbocycles. The van der Waals surface area contributed by atoms with E-state index < -0.39 is 14.9 Å². The van der Waals surface area contributed by atoms with Crippen molar-refractivity contribution in [3.63, 3.8) is 0 Å². The Kier molecular flexibility index (Phi) is 6.25. The Hall–Kier alpha value is -2.85. The van der Waals surface area contributed by atoms with E-state index >= 15 is 0 Å². The third-order valence-electron chi connectivity index (χ3n) is 5.77. The first-order chi connectivity index (χ1) is 15.3. The van der Waals surface area contributed by atoms with Gasteiger partial charge in [0.15, 0.2) is 11.5 Å². The van der Waals surface area contributed by atoms with Gasteiger partial charge in [0.2, 0.25) is 10.0 Å². The molecule has 0 aliphatic carbocycles. The van der Waals surface area contributed by atoms with Crippen LogP contribution in [0.4, 0.5) is 11.4 Å². The Bertz CT molecular complexity index is 1110. The van der Waals surface area contributed by atoms with Gasteiger partial charge < -0.3 is 14.8 Å². The highest BCUT2D eigenvalue weighted by molar-refractivity contribution is 7.89. The molecule has 2 aliphatic rings. The number of nitrogens with zero attached hydrogens (tertiary/aromatic N) is 2. The quantitative estimate of drug-likeness (QED) is 0.491. The van der Waals surface area contributed by atoms with Crippen LogP contribution in [0.2, 0.25) is 0 Å². The van der Waals surface area contributed by atoms with Crippen molar-refractivity contribution in [1.29, 1.82) is 0 Å². The molecule has 10 heteroatoms. The van der Waals surface area contributed by atoms with Gasteiger partial charge in [-0.05, 0) is 48.6 Å². The number of nitro groups is 1. The fourth-order valence-corrected chi connectivity index (χ4v) is 5.62. The summed E-state index contributed by atoms with van der Waals surface area (Å²) in [5.41, 5.74) is 0.893.